The van der Waals surface area contributed by atoms with Crippen molar-refractivity contribution >= 4 is 35.2 Å². The van der Waals surface area contributed by atoms with Crippen LogP contribution >= 0.6 is 11.8 Å². The highest BCUT2D eigenvalue weighted by Crippen LogP contribution is 2.28. The minimum Gasteiger partial charge on any atom is -0.353 e. The maximum Gasteiger partial charge on any atom is 0.243 e. The molecule has 1 aliphatic heterocycles. The van der Waals surface area contributed by atoms with Gasteiger partial charge in [-0.2, -0.15) is 0 Å². The van der Waals surface area contributed by atoms with Crippen LogP contribution < -0.4 is 10.6 Å². The third kappa shape index (κ3) is 4.50. The molecule has 1 saturated heterocycles. The van der Waals surface area contributed by atoms with Gasteiger partial charge in [-0.3, -0.25) is 14.4 Å². The summed E-state index contributed by atoms with van der Waals surface area (Å²) in [7, 11) is 0. The number of amides is 3. The maximum absolute atomic E-state index is 12.6. The molecule has 0 bridgehead atoms. The van der Waals surface area contributed by atoms with Crippen LogP contribution in [0.25, 0.3) is 0 Å². The SMILES string of the molecule is CC(=O)Nc1ccccc1SCC(=O)N1CCNC(=O)[C@@H]1C(C)C. The molecule has 0 aliphatic carbocycles. The lowest BCUT2D eigenvalue weighted by Gasteiger charge is -2.37. The van der Waals surface area contributed by atoms with Crippen molar-refractivity contribution in [3.8, 4) is 0 Å². The van der Waals surface area contributed by atoms with Gasteiger partial charge >= 0.3 is 0 Å². The van der Waals surface area contributed by atoms with Gasteiger partial charge in [0.1, 0.15) is 6.04 Å². The smallest absolute Gasteiger partial charge is 0.243 e. The molecule has 0 radical (unpaired) electrons. The normalized spacial score (nSPS) is 17.6. The first-order chi connectivity index (χ1) is 11.4. The molecule has 1 heterocycles. The zero-order valence-electron chi connectivity index (χ0n) is 14.2. The molecule has 0 spiro atoms. The molecule has 1 fully saturated rings. The summed E-state index contributed by atoms with van der Waals surface area (Å²) in [6, 6.07) is 6.95. The predicted molar refractivity (Wildman–Crippen MR) is 94.8 cm³/mol. The van der Waals surface area contributed by atoms with Gasteiger partial charge in [-0.1, -0.05) is 26.0 Å². The lowest BCUT2D eigenvalue weighted by Crippen LogP contribution is -2.59. The van der Waals surface area contributed by atoms with Gasteiger partial charge in [0.15, 0.2) is 0 Å². The zero-order chi connectivity index (χ0) is 17.7. The number of carbonyl (C=O) groups is 3. The first-order valence-electron chi connectivity index (χ1n) is 7.96. The van der Waals surface area contributed by atoms with Gasteiger partial charge in [0.2, 0.25) is 17.7 Å². The highest BCUT2D eigenvalue weighted by atomic mass is 32.2. The van der Waals surface area contributed by atoms with Crippen molar-refractivity contribution in [2.45, 2.75) is 31.7 Å². The monoisotopic (exact) mass is 349 g/mol. The molecule has 2 N–H and O–H groups in total. The number of hydrogen-bond acceptors (Lipinski definition) is 4. The zero-order valence-corrected chi connectivity index (χ0v) is 15.0. The molecule has 0 unspecified atom stereocenters. The summed E-state index contributed by atoms with van der Waals surface area (Å²) in [5, 5.41) is 5.58. The van der Waals surface area contributed by atoms with Crippen LogP contribution in [0, 0.1) is 5.92 Å². The van der Waals surface area contributed by atoms with Crippen LogP contribution in [0.2, 0.25) is 0 Å². The van der Waals surface area contributed by atoms with Crippen LogP contribution in [0.4, 0.5) is 5.69 Å². The van der Waals surface area contributed by atoms with E-state index in [0.717, 1.165) is 4.90 Å². The Hall–Kier alpha value is -2.02. The topological polar surface area (TPSA) is 78.5 Å². The molecule has 7 heteroatoms. The molecule has 24 heavy (non-hydrogen) atoms. The summed E-state index contributed by atoms with van der Waals surface area (Å²) in [6.45, 7) is 6.35. The molecule has 6 nitrogen and oxygen atoms in total. The van der Waals surface area contributed by atoms with E-state index < -0.39 is 6.04 Å². The minimum absolute atomic E-state index is 0.0610. The summed E-state index contributed by atoms with van der Waals surface area (Å²) in [5.41, 5.74) is 0.694. The first kappa shape index (κ1) is 18.3. The second kappa shape index (κ2) is 8.19. The van der Waals surface area contributed by atoms with E-state index in [9.17, 15) is 14.4 Å². The number of para-hydroxylation sites is 1. The van der Waals surface area contributed by atoms with Crippen LogP contribution in [0.1, 0.15) is 20.8 Å². The number of thioether (sulfide) groups is 1. The molecular formula is C17H23N3O3S. The van der Waals surface area contributed by atoms with E-state index in [-0.39, 0.29) is 29.4 Å². The van der Waals surface area contributed by atoms with Gasteiger partial charge in [0.05, 0.1) is 11.4 Å². The van der Waals surface area contributed by atoms with Gasteiger partial charge in [-0.05, 0) is 18.1 Å². The van der Waals surface area contributed by atoms with Crippen molar-refractivity contribution in [3.63, 3.8) is 0 Å². The van der Waals surface area contributed by atoms with Crippen LogP contribution in [-0.4, -0.2) is 47.5 Å². The Bertz CT molecular complexity index is 633. The van der Waals surface area contributed by atoms with Crippen LogP contribution in [0.3, 0.4) is 0 Å². The van der Waals surface area contributed by atoms with Crippen molar-refractivity contribution in [3.05, 3.63) is 24.3 Å². The average Bonchev–Trinajstić information content (AvgIpc) is 2.52. The van der Waals surface area contributed by atoms with Crippen LogP contribution in [0.15, 0.2) is 29.2 Å². The van der Waals surface area contributed by atoms with Crippen LogP contribution in [0.5, 0.6) is 0 Å². The second-order valence-electron chi connectivity index (χ2n) is 6.03. The summed E-state index contributed by atoms with van der Waals surface area (Å²) in [6.07, 6.45) is 0. The van der Waals surface area contributed by atoms with Crippen molar-refractivity contribution in [2.75, 3.05) is 24.2 Å². The first-order valence-corrected chi connectivity index (χ1v) is 8.95. The molecule has 130 valence electrons. The van der Waals surface area contributed by atoms with Gasteiger partial charge < -0.3 is 15.5 Å². The van der Waals surface area contributed by atoms with E-state index in [4.69, 9.17) is 0 Å². The summed E-state index contributed by atoms with van der Waals surface area (Å²) >= 11 is 1.37. The van der Waals surface area contributed by atoms with Crippen molar-refractivity contribution in [2.24, 2.45) is 5.92 Å². The van der Waals surface area contributed by atoms with Crippen molar-refractivity contribution in [1.82, 2.24) is 10.2 Å². The molecule has 1 aromatic rings. The average molecular weight is 349 g/mol. The molecule has 0 aromatic heterocycles. The minimum atomic E-state index is -0.419. The van der Waals surface area contributed by atoms with E-state index in [1.165, 1.54) is 18.7 Å². The molecule has 3 amide bonds. The number of rotatable bonds is 5. The van der Waals surface area contributed by atoms with Gasteiger partial charge in [0, 0.05) is 24.9 Å². The number of nitrogens with one attached hydrogen (secondary N) is 2. The second-order valence-corrected chi connectivity index (χ2v) is 7.05. The third-order valence-corrected chi connectivity index (χ3v) is 4.82. The van der Waals surface area contributed by atoms with Gasteiger partial charge in [-0.15, -0.1) is 11.8 Å². The Labute approximate surface area is 146 Å². The molecular weight excluding hydrogens is 326 g/mol. The quantitative estimate of drug-likeness (QED) is 0.794. The maximum atomic E-state index is 12.6. The highest BCUT2D eigenvalue weighted by molar-refractivity contribution is 8.00. The fraction of sp³-hybridized carbons (Fsp3) is 0.471. The fourth-order valence-corrected chi connectivity index (χ4v) is 3.63. The van der Waals surface area contributed by atoms with E-state index in [1.807, 2.05) is 32.0 Å². The van der Waals surface area contributed by atoms with E-state index in [2.05, 4.69) is 10.6 Å². The fourth-order valence-electron chi connectivity index (χ4n) is 2.74. The lowest BCUT2D eigenvalue weighted by molar-refractivity contribution is -0.143. The number of nitrogens with zero attached hydrogens (tertiary/aromatic N) is 1. The number of carbonyl (C=O) groups excluding carboxylic acids is 3. The van der Waals surface area contributed by atoms with Crippen molar-refractivity contribution < 1.29 is 14.4 Å². The summed E-state index contributed by atoms with van der Waals surface area (Å²) in [5.74, 6) is -0.0140. The van der Waals surface area contributed by atoms with Gasteiger partial charge in [0.25, 0.3) is 0 Å². The number of anilines is 1. The predicted octanol–water partition coefficient (Wildman–Crippen LogP) is 1.72. The number of benzene rings is 1. The lowest BCUT2D eigenvalue weighted by atomic mass is 10.00. The number of hydrogen-bond donors (Lipinski definition) is 2. The largest absolute Gasteiger partial charge is 0.353 e. The molecule has 2 rings (SSSR count). The van der Waals surface area contributed by atoms with E-state index >= 15 is 0 Å². The standard InChI is InChI=1S/C17H23N3O3S/c1-11(2)16-17(23)18-8-9-20(16)15(22)10-24-14-7-5-4-6-13(14)19-12(3)21/h4-7,11,16H,8-10H2,1-3H3,(H,18,23)(H,19,21)/t16-/m0/s1. The molecule has 0 saturated carbocycles. The Morgan fingerprint density at radius 1 is 1.38 bits per heavy atom. The highest BCUT2D eigenvalue weighted by Gasteiger charge is 2.34. The molecule has 1 aromatic carbocycles. The summed E-state index contributed by atoms with van der Waals surface area (Å²) in [4.78, 5) is 38.4. The van der Waals surface area contributed by atoms with E-state index in [0.29, 0.717) is 18.8 Å². The van der Waals surface area contributed by atoms with Gasteiger partial charge in [-0.25, -0.2) is 0 Å². The Balaban J connectivity index is 2.05. The Kier molecular flexibility index (Phi) is 6.25. The Morgan fingerprint density at radius 2 is 2.08 bits per heavy atom. The van der Waals surface area contributed by atoms with Crippen LogP contribution in [-0.2, 0) is 14.4 Å². The number of piperazine rings is 1. The van der Waals surface area contributed by atoms with E-state index in [1.54, 1.807) is 11.0 Å². The molecule has 1 aliphatic rings. The Morgan fingerprint density at radius 3 is 2.75 bits per heavy atom. The third-order valence-electron chi connectivity index (χ3n) is 3.76. The van der Waals surface area contributed by atoms with Crippen molar-refractivity contribution in [1.29, 1.82) is 0 Å². The summed E-state index contributed by atoms with van der Waals surface area (Å²) < 4.78 is 0. The molecule has 1 atom stereocenters.